The number of hydrogen-bond acceptors (Lipinski definition) is 7. The number of benzene rings is 1. The summed E-state index contributed by atoms with van der Waals surface area (Å²) >= 11 is 0. The molecule has 23 heavy (non-hydrogen) atoms. The zero-order chi connectivity index (χ0) is 16.8. The van der Waals surface area contributed by atoms with Crippen molar-refractivity contribution in [2.45, 2.75) is 19.5 Å². The molecule has 0 aliphatic carbocycles. The van der Waals surface area contributed by atoms with Crippen LogP contribution in [0.3, 0.4) is 0 Å². The van der Waals surface area contributed by atoms with E-state index in [2.05, 4.69) is 21.9 Å². The molecule has 1 N–H and O–H groups in total. The number of nitrogens with zero attached hydrogens (tertiary/aromatic N) is 2. The van der Waals surface area contributed by atoms with Crippen molar-refractivity contribution in [1.82, 2.24) is 10.2 Å². The van der Waals surface area contributed by atoms with Gasteiger partial charge < -0.3 is 14.8 Å². The molecule has 8 heteroatoms. The van der Waals surface area contributed by atoms with Crippen LogP contribution in [-0.2, 0) is 16.1 Å². The molecule has 8 nitrogen and oxygen atoms in total. The number of rotatable bonds is 6. The van der Waals surface area contributed by atoms with Crippen molar-refractivity contribution in [2.24, 2.45) is 0 Å². The largest absolute Gasteiger partial charge is 0.475 e. The van der Waals surface area contributed by atoms with Crippen LogP contribution in [0.25, 0.3) is 0 Å². The number of piperazine rings is 1. The summed E-state index contributed by atoms with van der Waals surface area (Å²) in [4.78, 5) is 24.1. The first-order valence-electron chi connectivity index (χ1n) is 7.43. The lowest BCUT2D eigenvalue weighted by molar-refractivity contribution is -0.385. The van der Waals surface area contributed by atoms with Crippen LogP contribution >= 0.6 is 0 Å². The van der Waals surface area contributed by atoms with Crippen molar-refractivity contribution in [3.63, 3.8) is 0 Å². The molecule has 1 fully saturated rings. The number of nitrogens with one attached hydrogen (secondary N) is 1. The Kier molecular flexibility index (Phi) is 5.89. The van der Waals surface area contributed by atoms with E-state index in [1.807, 2.05) is 0 Å². The summed E-state index contributed by atoms with van der Waals surface area (Å²) in [5.41, 5.74) is 0.699. The highest BCUT2D eigenvalue weighted by Crippen LogP contribution is 2.28. The van der Waals surface area contributed by atoms with Gasteiger partial charge in [0.2, 0.25) is 0 Å². The maximum atomic E-state index is 11.2. The van der Waals surface area contributed by atoms with Gasteiger partial charge in [0.25, 0.3) is 0 Å². The van der Waals surface area contributed by atoms with Gasteiger partial charge in [0, 0.05) is 38.3 Å². The van der Waals surface area contributed by atoms with Crippen molar-refractivity contribution in [1.29, 1.82) is 0 Å². The Labute approximate surface area is 134 Å². The van der Waals surface area contributed by atoms with E-state index in [-0.39, 0.29) is 18.0 Å². The quantitative estimate of drug-likeness (QED) is 0.473. The summed E-state index contributed by atoms with van der Waals surface area (Å²) in [7, 11) is 1.23. The average Bonchev–Trinajstić information content (AvgIpc) is 2.55. The van der Waals surface area contributed by atoms with E-state index < -0.39 is 10.9 Å². The molecule has 0 radical (unpaired) electrons. The third-order valence-corrected chi connectivity index (χ3v) is 3.82. The molecule has 1 atom stereocenters. The summed E-state index contributed by atoms with van der Waals surface area (Å²) < 4.78 is 9.64. The summed E-state index contributed by atoms with van der Waals surface area (Å²) in [5, 5.41) is 14.5. The molecule has 126 valence electrons. The van der Waals surface area contributed by atoms with Gasteiger partial charge in [-0.25, -0.2) is 4.79 Å². The van der Waals surface area contributed by atoms with E-state index in [0.29, 0.717) is 12.6 Å². The van der Waals surface area contributed by atoms with E-state index in [1.165, 1.54) is 19.2 Å². The fraction of sp³-hybridized carbons (Fsp3) is 0.533. The zero-order valence-corrected chi connectivity index (χ0v) is 13.3. The molecule has 1 aromatic carbocycles. The van der Waals surface area contributed by atoms with Gasteiger partial charge in [0.1, 0.15) is 0 Å². The third-order valence-electron chi connectivity index (χ3n) is 3.82. The SMILES string of the molecule is COC(=O)COc1ccc(CN2CCNC[C@@H]2C)cc1[N+](=O)[O-]. The minimum Gasteiger partial charge on any atom is -0.475 e. The van der Waals surface area contributed by atoms with Crippen LogP contribution in [0.2, 0.25) is 0 Å². The number of carbonyl (C=O) groups excluding carboxylic acids is 1. The van der Waals surface area contributed by atoms with Crippen LogP contribution in [0.5, 0.6) is 5.75 Å². The number of carbonyl (C=O) groups is 1. The molecular formula is C15H21N3O5. The summed E-state index contributed by atoms with van der Waals surface area (Å²) in [6.07, 6.45) is 0. The topological polar surface area (TPSA) is 93.9 Å². The summed E-state index contributed by atoms with van der Waals surface area (Å²) in [6.45, 7) is 5.12. The Morgan fingerprint density at radius 1 is 1.52 bits per heavy atom. The van der Waals surface area contributed by atoms with E-state index in [1.54, 1.807) is 6.07 Å². The van der Waals surface area contributed by atoms with E-state index in [4.69, 9.17) is 4.74 Å². The van der Waals surface area contributed by atoms with E-state index in [0.717, 1.165) is 25.2 Å². The Morgan fingerprint density at radius 2 is 2.30 bits per heavy atom. The van der Waals surface area contributed by atoms with Gasteiger partial charge in [-0.1, -0.05) is 6.07 Å². The second-order valence-electron chi connectivity index (χ2n) is 5.45. The normalized spacial score (nSPS) is 18.4. The minimum atomic E-state index is -0.585. The predicted octanol–water partition coefficient (Wildman–Crippen LogP) is 0.940. The molecule has 0 bridgehead atoms. The summed E-state index contributed by atoms with van der Waals surface area (Å²) in [6, 6.07) is 5.19. The Morgan fingerprint density at radius 3 is 2.96 bits per heavy atom. The van der Waals surface area contributed by atoms with E-state index >= 15 is 0 Å². The lowest BCUT2D eigenvalue weighted by Gasteiger charge is -2.33. The first-order chi connectivity index (χ1) is 11.0. The molecule has 1 heterocycles. The molecular weight excluding hydrogens is 302 g/mol. The van der Waals surface area contributed by atoms with Gasteiger partial charge in [0.15, 0.2) is 12.4 Å². The lowest BCUT2D eigenvalue weighted by Crippen LogP contribution is -2.49. The van der Waals surface area contributed by atoms with Crippen molar-refractivity contribution in [3.05, 3.63) is 33.9 Å². The van der Waals surface area contributed by atoms with Crippen LogP contribution in [-0.4, -0.2) is 55.2 Å². The van der Waals surface area contributed by atoms with Crippen LogP contribution in [0.4, 0.5) is 5.69 Å². The lowest BCUT2D eigenvalue weighted by atomic mass is 10.1. The number of nitro groups is 1. The van der Waals surface area contributed by atoms with Gasteiger partial charge in [0.05, 0.1) is 12.0 Å². The molecule has 0 aromatic heterocycles. The maximum Gasteiger partial charge on any atom is 0.343 e. The van der Waals surface area contributed by atoms with Gasteiger partial charge in [-0.2, -0.15) is 0 Å². The molecule has 0 spiro atoms. The molecule has 0 saturated carbocycles. The molecule has 2 rings (SSSR count). The van der Waals surface area contributed by atoms with Crippen LogP contribution in [0.1, 0.15) is 12.5 Å². The number of methoxy groups -OCH3 is 1. The Bertz CT molecular complexity index is 578. The Balaban J connectivity index is 2.11. The second kappa shape index (κ2) is 7.89. The number of ether oxygens (including phenoxy) is 2. The minimum absolute atomic E-state index is 0.0671. The number of nitro benzene ring substituents is 1. The number of hydrogen-bond donors (Lipinski definition) is 1. The van der Waals surface area contributed by atoms with Crippen molar-refractivity contribution in [2.75, 3.05) is 33.4 Å². The van der Waals surface area contributed by atoms with E-state index in [9.17, 15) is 14.9 Å². The maximum absolute atomic E-state index is 11.2. The predicted molar refractivity (Wildman–Crippen MR) is 83.3 cm³/mol. The monoisotopic (exact) mass is 323 g/mol. The standard InChI is InChI=1S/C15H21N3O5/c1-11-8-16-5-6-17(11)9-12-3-4-14(13(7-12)18(20)21)23-10-15(19)22-2/h3-4,7,11,16H,5-6,8-10H2,1-2H3/t11-/m0/s1. The van der Waals surface area contributed by atoms with Crippen LogP contribution in [0, 0.1) is 10.1 Å². The first-order valence-corrected chi connectivity index (χ1v) is 7.43. The Hall–Kier alpha value is -2.19. The molecule has 1 saturated heterocycles. The third kappa shape index (κ3) is 4.64. The highest BCUT2D eigenvalue weighted by atomic mass is 16.6. The van der Waals surface area contributed by atoms with Crippen molar-refractivity contribution < 1.29 is 19.2 Å². The molecule has 0 unspecified atom stereocenters. The highest BCUT2D eigenvalue weighted by Gasteiger charge is 2.21. The fourth-order valence-corrected chi connectivity index (χ4v) is 2.47. The fourth-order valence-electron chi connectivity index (χ4n) is 2.47. The van der Waals surface area contributed by atoms with Gasteiger partial charge in [-0.15, -0.1) is 0 Å². The van der Waals surface area contributed by atoms with Crippen molar-refractivity contribution in [3.8, 4) is 5.75 Å². The highest BCUT2D eigenvalue weighted by molar-refractivity contribution is 5.71. The number of esters is 1. The van der Waals surface area contributed by atoms with Gasteiger partial charge >= 0.3 is 11.7 Å². The average molecular weight is 323 g/mol. The summed E-state index contributed by atoms with van der Waals surface area (Å²) in [5.74, 6) is -0.518. The molecule has 1 aromatic rings. The van der Waals surface area contributed by atoms with Crippen LogP contribution in [0.15, 0.2) is 18.2 Å². The second-order valence-corrected chi connectivity index (χ2v) is 5.45. The molecule has 1 aliphatic heterocycles. The van der Waals surface area contributed by atoms with Gasteiger partial charge in [-0.05, 0) is 18.6 Å². The van der Waals surface area contributed by atoms with Crippen molar-refractivity contribution >= 4 is 11.7 Å². The smallest absolute Gasteiger partial charge is 0.343 e. The molecule has 0 amide bonds. The molecule has 1 aliphatic rings. The zero-order valence-electron chi connectivity index (χ0n) is 13.3. The van der Waals surface area contributed by atoms with Gasteiger partial charge in [-0.3, -0.25) is 15.0 Å². The first kappa shape index (κ1) is 17.2. The van der Waals surface area contributed by atoms with Crippen LogP contribution < -0.4 is 10.1 Å².